The quantitative estimate of drug-likeness (QED) is 0.629. The lowest BCUT2D eigenvalue weighted by molar-refractivity contribution is 0.0639. The minimum Gasteiger partial charge on any atom is -0.383 e. The molecule has 0 aromatic carbocycles. The van der Waals surface area contributed by atoms with Crippen LogP contribution in [-0.4, -0.2) is 63.5 Å². The van der Waals surface area contributed by atoms with Gasteiger partial charge in [0, 0.05) is 33.4 Å². The zero-order valence-electron chi connectivity index (χ0n) is 12.3. The van der Waals surface area contributed by atoms with Crippen LogP contribution in [0.2, 0.25) is 0 Å². The second kappa shape index (κ2) is 9.29. The third kappa shape index (κ3) is 6.31. The van der Waals surface area contributed by atoms with Crippen molar-refractivity contribution in [3.05, 3.63) is 0 Å². The van der Waals surface area contributed by atoms with Crippen molar-refractivity contribution < 1.29 is 9.47 Å². The average Bonchev–Trinajstić information content (AvgIpc) is 2.35. The molecule has 0 aliphatic heterocycles. The van der Waals surface area contributed by atoms with Gasteiger partial charge in [-0.05, 0) is 20.4 Å². The summed E-state index contributed by atoms with van der Waals surface area (Å²) in [6, 6.07) is 2.61. The van der Waals surface area contributed by atoms with Crippen molar-refractivity contribution in [2.45, 2.75) is 32.4 Å². The van der Waals surface area contributed by atoms with E-state index in [4.69, 9.17) is 9.47 Å². The zero-order chi connectivity index (χ0) is 14.0. The molecule has 0 aromatic heterocycles. The lowest BCUT2D eigenvalue weighted by Gasteiger charge is -2.34. The largest absolute Gasteiger partial charge is 0.383 e. The number of hydrogen-bond donors (Lipinski definition) is 1. The Morgan fingerprint density at radius 1 is 1.39 bits per heavy atom. The number of nitriles is 1. The number of likely N-dealkylation sites (N-methyl/N-ethyl adjacent to an activating group) is 1. The van der Waals surface area contributed by atoms with Gasteiger partial charge in [-0.2, -0.15) is 5.26 Å². The molecule has 0 aliphatic rings. The van der Waals surface area contributed by atoms with Gasteiger partial charge in [0.25, 0.3) is 0 Å². The molecule has 106 valence electrons. The van der Waals surface area contributed by atoms with E-state index in [0.717, 1.165) is 13.1 Å². The Labute approximate surface area is 111 Å². The molecule has 0 saturated heterocycles. The lowest BCUT2D eigenvalue weighted by atomic mass is 10.0. The first-order chi connectivity index (χ1) is 8.52. The summed E-state index contributed by atoms with van der Waals surface area (Å²) in [6.07, 6.45) is 0. The van der Waals surface area contributed by atoms with Crippen molar-refractivity contribution in [1.82, 2.24) is 10.2 Å². The van der Waals surface area contributed by atoms with Crippen LogP contribution in [0.4, 0.5) is 0 Å². The Balaban J connectivity index is 4.59. The van der Waals surface area contributed by atoms with Gasteiger partial charge in [-0.3, -0.25) is 10.2 Å². The van der Waals surface area contributed by atoms with Gasteiger partial charge < -0.3 is 9.47 Å². The summed E-state index contributed by atoms with van der Waals surface area (Å²) in [5, 5.41) is 12.5. The minimum absolute atomic E-state index is 0.261. The minimum atomic E-state index is -0.537. The van der Waals surface area contributed by atoms with Crippen LogP contribution < -0.4 is 5.32 Å². The van der Waals surface area contributed by atoms with Crippen molar-refractivity contribution >= 4 is 0 Å². The molecule has 2 unspecified atom stereocenters. The maximum Gasteiger partial charge on any atom is 0.116 e. The maximum atomic E-state index is 9.30. The predicted molar refractivity (Wildman–Crippen MR) is 72.5 cm³/mol. The van der Waals surface area contributed by atoms with E-state index in [1.807, 2.05) is 13.8 Å². The first kappa shape index (κ1) is 17.3. The monoisotopic (exact) mass is 257 g/mol. The molecule has 0 radical (unpaired) electrons. The Morgan fingerprint density at radius 3 is 2.50 bits per heavy atom. The highest BCUT2D eigenvalue weighted by Crippen LogP contribution is 2.09. The summed E-state index contributed by atoms with van der Waals surface area (Å²) in [4.78, 5) is 2.22. The van der Waals surface area contributed by atoms with Crippen LogP contribution >= 0.6 is 0 Å². The fourth-order valence-corrected chi connectivity index (χ4v) is 1.94. The predicted octanol–water partition coefficient (Wildman–Crippen LogP) is 0.861. The van der Waals surface area contributed by atoms with Crippen LogP contribution in [0.15, 0.2) is 0 Å². The van der Waals surface area contributed by atoms with Gasteiger partial charge in [0.05, 0.1) is 19.3 Å². The van der Waals surface area contributed by atoms with E-state index in [1.165, 1.54) is 0 Å². The highest BCUT2D eigenvalue weighted by molar-refractivity contribution is 5.06. The molecular weight excluding hydrogens is 230 g/mol. The van der Waals surface area contributed by atoms with Crippen LogP contribution in [-0.2, 0) is 9.47 Å². The number of nitrogens with one attached hydrogen (secondary N) is 1. The molecule has 0 rings (SSSR count). The number of ether oxygens (including phenoxy) is 2. The summed E-state index contributed by atoms with van der Waals surface area (Å²) >= 11 is 0. The average molecular weight is 257 g/mol. The molecule has 5 nitrogen and oxygen atoms in total. The van der Waals surface area contributed by atoms with Crippen LogP contribution in [0.5, 0.6) is 0 Å². The molecule has 0 bridgehead atoms. The third-order valence-electron chi connectivity index (χ3n) is 2.95. The fourth-order valence-electron chi connectivity index (χ4n) is 1.94. The summed E-state index contributed by atoms with van der Waals surface area (Å²) < 4.78 is 10.3. The van der Waals surface area contributed by atoms with Crippen molar-refractivity contribution in [3.63, 3.8) is 0 Å². The van der Waals surface area contributed by atoms with Crippen LogP contribution in [0.3, 0.4) is 0 Å². The van der Waals surface area contributed by atoms with Crippen molar-refractivity contribution in [3.8, 4) is 6.07 Å². The van der Waals surface area contributed by atoms with Gasteiger partial charge in [-0.1, -0.05) is 6.92 Å². The van der Waals surface area contributed by atoms with E-state index in [0.29, 0.717) is 19.8 Å². The van der Waals surface area contributed by atoms with Gasteiger partial charge in [0.15, 0.2) is 0 Å². The Bertz CT molecular complexity index is 255. The number of methoxy groups -OCH3 is 2. The SMILES string of the molecule is CCNC(C)(C#N)CN(CCOC)C(C)COC. The van der Waals surface area contributed by atoms with Gasteiger partial charge >= 0.3 is 0 Å². The topological polar surface area (TPSA) is 57.5 Å². The van der Waals surface area contributed by atoms with Gasteiger partial charge in [-0.25, -0.2) is 0 Å². The first-order valence-corrected chi connectivity index (χ1v) is 6.41. The smallest absolute Gasteiger partial charge is 0.116 e. The molecule has 0 aliphatic carbocycles. The molecule has 0 aromatic rings. The summed E-state index contributed by atoms with van der Waals surface area (Å²) in [6.45, 7) is 9.57. The Kier molecular flexibility index (Phi) is 8.94. The van der Waals surface area contributed by atoms with Gasteiger partial charge in [-0.15, -0.1) is 0 Å². The summed E-state index contributed by atoms with van der Waals surface area (Å²) in [5.74, 6) is 0. The van der Waals surface area contributed by atoms with E-state index < -0.39 is 5.54 Å². The molecule has 0 saturated carbocycles. The van der Waals surface area contributed by atoms with Crippen molar-refractivity contribution in [1.29, 1.82) is 5.26 Å². The maximum absolute atomic E-state index is 9.30. The molecule has 18 heavy (non-hydrogen) atoms. The third-order valence-corrected chi connectivity index (χ3v) is 2.95. The molecule has 1 N–H and O–H groups in total. The van der Waals surface area contributed by atoms with Crippen LogP contribution in [0, 0.1) is 11.3 Å². The number of rotatable bonds is 10. The van der Waals surface area contributed by atoms with Gasteiger partial charge in [0.2, 0.25) is 0 Å². The van der Waals surface area contributed by atoms with E-state index in [1.54, 1.807) is 14.2 Å². The molecule has 2 atom stereocenters. The van der Waals surface area contributed by atoms with Crippen molar-refractivity contribution in [2.24, 2.45) is 0 Å². The van der Waals surface area contributed by atoms with Crippen LogP contribution in [0.1, 0.15) is 20.8 Å². The first-order valence-electron chi connectivity index (χ1n) is 6.41. The Hall–Kier alpha value is -0.670. The van der Waals surface area contributed by atoms with Gasteiger partial charge in [0.1, 0.15) is 5.54 Å². The normalized spacial score (nSPS) is 16.3. The number of hydrogen-bond acceptors (Lipinski definition) is 5. The molecule has 5 heteroatoms. The molecule has 0 fully saturated rings. The second-order valence-corrected chi connectivity index (χ2v) is 4.74. The molecule has 0 amide bonds. The van der Waals surface area contributed by atoms with E-state index >= 15 is 0 Å². The van der Waals surface area contributed by atoms with E-state index in [-0.39, 0.29) is 6.04 Å². The van der Waals surface area contributed by atoms with Crippen molar-refractivity contribution in [2.75, 3.05) is 47.1 Å². The number of nitrogens with zero attached hydrogens (tertiary/aromatic N) is 2. The van der Waals surface area contributed by atoms with E-state index in [2.05, 4.69) is 23.2 Å². The van der Waals surface area contributed by atoms with E-state index in [9.17, 15) is 5.26 Å². The summed E-state index contributed by atoms with van der Waals surface area (Å²) in [5.41, 5.74) is -0.537. The highest BCUT2D eigenvalue weighted by atomic mass is 16.5. The lowest BCUT2D eigenvalue weighted by Crippen LogP contribution is -2.53. The standard InChI is InChI=1S/C13H27N3O2/c1-6-15-13(3,10-14)11-16(7-8-17-4)12(2)9-18-5/h12,15H,6-9,11H2,1-5H3. The molecule has 0 spiro atoms. The molecular formula is C13H27N3O2. The highest BCUT2D eigenvalue weighted by Gasteiger charge is 2.27. The zero-order valence-corrected chi connectivity index (χ0v) is 12.3. The molecule has 0 heterocycles. The fraction of sp³-hybridized carbons (Fsp3) is 0.923. The summed E-state index contributed by atoms with van der Waals surface area (Å²) in [7, 11) is 3.38. The Morgan fingerprint density at radius 2 is 2.06 bits per heavy atom. The second-order valence-electron chi connectivity index (χ2n) is 4.74. The van der Waals surface area contributed by atoms with Crippen LogP contribution in [0.25, 0.3) is 0 Å².